The molecule has 1 aliphatic heterocycles. The van der Waals surface area contributed by atoms with Gasteiger partial charge < -0.3 is 19.1 Å². The summed E-state index contributed by atoms with van der Waals surface area (Å²) in [5.74, 6) is 0.225. The van der Waals surface area contributed by atoms with Gasteiger partial charge in [0.2, 0.25) is 0 Å². The van der Waals surface area contributed by atoms with E-state index in [-0.39, 0.29) is 5.97 Å². The Morgan fingerprint density at radius 3 is 2.42 bits per heavy atom. The summed E-state index contributed by atoms with van der Waals surface area (Å²) in [4.78, 5) is 33.2. The molecule has 3 rings (SSSR count). The van der Waals surface area contributed by atoms with Gasteiger partial charge in [-0.3, -0.25) is 9.69 Å². The molecule has 0 spiro atoms. The molecule has 0 aliphatic carbocycles. The lowest BCUT2D eigenvalue weighted by atomic mass is 9.99. The maximum atomic E-state index is 12.7. The predicted molar refractivity (Wildman–Crippen MR) is 139 cm³/mol. The van der Waals surface area contributed by atoms with Crippen molar-refractivity contribution in [2.45, 2.75) is 46.6 Å². The minimum absolute atomic E-state index is 0.148. The van der Waals surface area contributed by atoms with Crippen molar-refractivity contribution in [2.75, 3.05) is 52.5 Å². The van der Waals surface area contributed by atoms with Gasteiger partial charge in [0.25, 0.3) is 0 Å². The Bertz CT molecular complexity index is 1030. The Morgan fingerprint density at radius 2 is 1.75 bits per heavy atom. The van der Waals surface area contributed by atoms with Crippen LogP contribution in [-0.2, 0) is 14.3 Å². The van der Waals surface area contributed by atoms with Crippen molar-refractivity contribution in [1.29, 1.82) is 0 Å². The molecule has 1 aromatic heterocycles. The van der Waals surface area contributed by atoms with Gasteiger partial charge in [-0.15, -0.1) is 0 Å². The van der Waals surface area contributed by atoms with E-state index in [2.05, 4.69) is 14.8 Å². The van der Waals surface area contributed by atoms with Crippen LogP contribution in [0.4, 0.5) is 0 Å². The van der Waals surface area contributed by atoms with Crippen LogP contribution >= 0.6 is 0 Å². The summed E-state index contributed by atoms with van der Waals surface area (Å²) < 4.78 is 16.6. The first-order valence-electron chi connectivity index (χ1n) is 12.7. The Hall–Kier alpha value is -2.97. The third kappa shape index (κ3) is 8.31. The maximum absolute atomic E-state index is 12.7. The highest BCUT2D eigenvalue weighted by Crippen LogP contribution is 2.30. The number of esters is 2. The number of aryl methyl sites for hydroxylation is 1. The molecule has 1 aromatic carbocycles. The van der Waals surface area contributed by atoms with Crippen molar-refractivity contribution >= 4 is 11.9 Å². The lowest BCUT2D eigenvalue weighted by Gasteiger charge is -2.34. The Morgan fingerprint density at radius 1 is 1.03 bits per heavy atom. The van der Waals surface area contributed by atoms with E-state index in [9.17, 15) is 9.59 Å². The summed E-state index contributed by atoms with van der Waals surface area (Å²) in [5.41, 5.74) is 2.40. The zero-order chi connectivity index (χ0) is 26.1. The molecule has 0 radical (unpaired) electrons. The molecule has 1 saturated heterocycles. The fraction of sp³-hybridized carbons (Fsp3) is 0.536. The zero-order valence-electron chi connectivity index (χ0n) is 22.2. The molecular formula is C28H39N3O5. The molecule has 8 heteroatoms. The van der Waals surface area contributed by atoms with Crippen molar-refractivity contribution < 1.29 is 23.8 Å². The van der Waals surface area contributed by atoms with E-state index in [1.807, 2.05) is 65.0 Å². The van der Waals surface area contributed by atoms with E-state index in [1.165, 1.54) is 0 Å². The number of benzene rings is 1. The molecule has 36 heavy (non-hydrogen) atoms. The van der Waals surface area contributed by atoms with E-state index >= 15 is 0 Å². The molecule has 196 valence electrons. The number of carbonyl (C=O) groups excluding carboxylic acids is 2. The Balaban J connectivity index is 1.49. The fourth-order valence-corrected chi connectivity index (χ4v) is 4.18. The second kappa shape index (κ2) is 12.8. The number of pyridine rings is 1. The van der Waals surface area contributed by atoms with Crippen LogP contribution < -0.4 is 4.74 Å². The summed E-state index contributed by atoms with van der Waals surface area (Å²) in [5, 5.41) is 0. The quantitative estimate of drug-likeness (QED) is 0.360. The molecule has 1 fully saturated rings. The second-order valence-corrected chi connectivity index (χ2v) is 10.0. The molecule has 2 aromatic rings. The van der Waals surface area contributed by atoms with Crippen LogP contribution in [-0.4, -0.2) is 84.8 Å². The van der Waals surface area contributed by atoms with Crippen molar-refractivity contribution in [3.05, 3.63) is 47.8 Å². The number of hydrogen-bond acceptors (Lipinski definition) is 8. The van der Waals surface area contributed by atoms with Crippen molar-refractivity contribution in [3.8, 4) is 16.9 Å². The normalized spacial score (nSPS) is 14.9. The monoisotopic (exact) mass is 497 g/mol. The maximum Gasteiger partial charge on any atom is 0.358 e. The molecule has 0 amide bonds. The standard InChI is InChI=1S/C28H39N3O5/c1-6-34-25(32)20-31-16-14-30(15-17-31)13-8-18-35-22-10-11-23(21(2)19-22)24-9-7-12-29-26(24)27(33)36-28(3,4)5/h7,9-12,19H,6,8,13-18,20H2,1-5H3. The van der Waals surface area contributed by atoms with Crippen LogP contribution in [0.3, 0.4) is 0 Å². The van der Waals surface area contributed by atoms with Crippen molar-refractivity contribution in [2.24, 2.45) is 0 Å². The number of ether oxygens (including phenoxy) is 3. The number of piperazine rings is 1. The smallest absolute Gasteiger partial charge is 0.358 e. The minimum atomic E-state index is -0.588. The number of aromatic nitrogens is 1. The summed E-state index contributed by atoms with van der Waals surface area (Å²) >= 11 is 0. The zero-order valence-corrected chi connectivity index (χ0v) is 22.2. The van der Waals surface area contributed by atoms with Gasteiger partial charge in [-0.2, -0.15) is 0 Å². The number of carbonyl (C=O) groups is 2. The van der Waals surface area contributed by atoms with E-state index < -0.39 is 11.6 Å². The molecular weight excluding hydrogens is 458 g/mol. The molecule has 8 nitrogen and oxygen atoms in total. The van der Waals surface area contributed by atoms with Gasteiger partial charge in [0.15, 0.2) is 5.69 Å². The lowest BCUT2D eigenvalue weighted by Crippen LogP contribution is -2.48. The highest BCUT2D eigenvalue weighted by atomic mass is 16.6. The van der Waals surface area contributed by atoms with Crippen LogP contribution in [0, 0.1) is 6.92 Å². The Labute approximate surface area is 214 Å². The molecule has 0 atom stereocenters. The first-order valence-corrected chi connectivity index (χ1v) is 12.7. The summed E-state index contributed by atoms with van der Waals surface area (Å²) in [7, 11) is 0. The molecule has 0 unspecified atom stereocenters. The molecule has 2 heterocycles. The summed E-state index contributed by atoms with van der Waals surface area (Å²) in [6.45, 7) is 15.4. The van der Waals surface area contributed by atoms with Gasteiger partial charge in [-0.05, 0) is 70.4 Å². The lowest BCUT2D eigenvalue weighted by molar-refractivity contribution is -0.144. The minimum Gasteiger partial charge on any atom is -0.494 e. The van der Waals surface area contributed by atoms with E-state index in [0.29, 0.717) is 25.5 Å². The molecule has 0 N–H and O–H groups in total. The first kappa shape index (κ1) is 27.6. The number of rotatable bonds is 10. The molecule has 1 aliphatic rings. The first-order chi connectivity index (χ1) is 17.2. The van der Waals surface area contributed by atoms with Crippen LogP contribution in [0.2, 0.25) is 0 Å². The van der Waals surface area contributed by atoms with Crippen LogP contribution in [0.5, 0.6) is 5.75 Å². The van der Waals surface area contributed by atoms with Crippen LogP contribution in [0.1, 0.15) is 50.2 Å². The van der Waals surface area contributed by atoms with Crippen molar-refractivity contribution in [1.82, 2.24) is 14.8 Å². The average Bonchev–Trinajstić information content (AvgIpc) is 2.82. The summed E-state index contributed by atoms with van der Waals surface area (Å²) in [6.07, 6.45) is 2.53. The molecule has 0 saturated carbocycles. The highest BCUT2D eigenvalue weighted by molar-refractivity contribution is 5.95. The average molecular weight is 498 g/mol. The van der Waals surface area contributed by atoms with E-state index in [1.54, 1.807) is 6.20 Å². The largest absolute Gasteiger partial charge is 0.494 e. The van der Waals surface area contributed by atoms with Gasteiger partial charge >= 0.3 is 11.9 Å². The van der Waals surface area contributed by atoms with Gasteiger partial charge in [-0.25, -0.2) is 9.78 Å². The summed E-state index contributed by atoms with van der Waals surface area (Å²) in [6, 6.07) is 9.61. The van der Waals surface area contributed by atoms with Gasteiger partial charge in [0.05, 0.1) is 19.8 Å². The van der Waals surface area contributed by atoms with Gasteiger partial charge in [0, 0.05) is 44.5 Å². The van der Waals surface area contributed by atoms with Crippen molar-refractivity contribution in [3.63, 3.8) is 0 Å². The fourth-order valence-electron chi connectivity index (χ4n) is 4.18. The Kier molecular flexibility index (Phi) is 9.84. The predicted octanol–water partition coefficient (Wildman–Crippen LogP) is 3.96. The highest BCUT2D eigenvalue weighted by Gasteiger charge is 2.23. The topological polar surface area (TPSA) is 81.2 Å². The van der Waals surface area contributed by atoms with E-state index in [4.69, 9.17) is 14.2 Å². The third-order valence-electron chi connectivity index (χ3n) is 5.90. The van der Waals surface area contributed by atoms with Crippen LogP contribution in [0.15, 0.2) is 36.5 Å². The van der Waals surface area contributed by atoms with Gasteiger partial charge in [0.1, 0.15) is 11.4 Å². The van der Waals surface area contributed by atoms with Crippen LogP contribution in [0.25, 0.3) is 11.1 Å². The van der Waals surface area contributed by atoms with E-state index in [0.717, 1.165) is 61.6 Å². The van der Waals surface area contributed by atoms with Gasteiger partial charge in [-0.1, -0.05) is 12.1 Å². The second-order valence-electron chi connectivity index (χ2n) is 10.0. The molecule has 0 bridgehead atoms. The SMILES string of the molecule is CCOC(=O)CN1CCN(CCCOc2ccc(-c3cccnc3C(=O)OC(C)(C)C)c(C)c2)CC1. The number of hydrogen-bond donors (Lipinski definition) is 0. The third-order valence-corrected chi connectivity index (χ3v) is 5.90. The number of nitrogens with zero attached hydrogens (tertiary/aromatic N) is 3.